The standard InChI is InChI=1S/C16H25N3O.C12H18N2.C9H19N3O.C4H7NO.CH2Cl2.ClH/c1-2-10-17-16(20)18-15-8-11-19(12-9-15)13-14-6-4-3-5-7-14;13-12-6-8-14(9-7-12)10-11-4-2-1-3-5-11;1-2-5-11-9(13)12-8-3-6-10-7-4-8;1-2-3-5-4-6;2-1-3;/h3-7,15H,2,8-13H2,1H3,(H2,17,18,20);1-5,12H,6-10,13H2;8,10H,2-7H2,1H3,(H2,11,12,13);2-3H2,1H3;1H2;1H. The number of isocyanates is 1. The third-order valence-corrected chi connectivity index (χ3v) is 9.20. The van der Waals surface area contributed by atoms with Crippen LogP contribution >= 0.6 is 35.6 Å². The molecule has 0 bridgehead atoms. The number of aliphatic imine (C=N–C) groups is 1. The molecule has 324 valence electrons. The number of rotatable bonds is 12. The van der Waals surface area contributed by atoms with Gasteiger partial charge in [0, 0.05) is 57.4 Å². The van der Waals surface area contributed by atoms with E-state index in [1.165, 1.54) is 17.2 Å². The van der Waals surface area contributed by atoms with Crippen LogP contribution < -0.4 is 32.3 Å². The minimum atomic E-state index is -0.0200. The normalized spacial score (nSPS) is 16.0. The van der Waals surface area contributed by atoms with Gasteiger partial charge in [-0.2, -0.15) is 0 Å². The van der Waals surface area contributed by atoms with Crippen molar-refractivity contribution in [2.75, 3.05) is 64.2 Å². The Kier molecular flexibility index (Phi) is 35.4. The zero-order chi connectivity index (χ0) is 41.1. The van der Waals surface area contributed by atoms with Crippen molar-refractivity contribution in [3.8, 4) is 0 Å². The SMILES string of the molecule is CCCN=C=O.CCCNC(=O)NC1CCN(Cc2ccccc2)CC1.CCCNC(=O)NC1CCNCC1.Cl.ClCCl.NC1CCN(Cc2ccccc2)CC1. The van der Waals surface area contributed by atoms with Crippen LogP contribution in [-0.4, -0.2) is 110 Å². The molecular weight excluding hydrogens is 785 g/mol. The maximum Gasteiger partial charge on any atom is 0.315 e. The van der Waals surface area contributed by atoms with Gasteiger partial charge in [0.05, 0.1) is 11.9 Å². The zero-order valence-electron chi connectivity index (χ0n) is 34.7. The third-order valence-electron chi connectivity index (χ3n) is 9.20. The Bertz CT molecular complexity index is 1280. The molecular formula is C42H72Cl3N9O3. The van der Waals surface area contributed by atoms with Gasteiger partial charge in [0.25, 0.3) is 0 Å². The molecule has 57 heavy (non-hydrogen) atoms. The van der Waals surface area contributed by atoms with Crippen LogP contribution in [-0.2, 0) is 17.9 Å². The van der Waals surface area contributed by atoms with Gasteiger partial charge < -0.3 is 32.3 Å². The number of likely N-dealkylation sites (tertiary alicyclic amines) is 2. The van der Waals surface area contributed by atoms with Crippen LogP contribution in [0.15, 0.2) is 65.7 Å². The number of carbonyl (C=O) groups is 2. The van der Waals surface area contributed by atoms with E-state index in [0.717, 1.165) is 123 Å². The Morgan fingerprint density at radius 3 is 1.49 bits per heavy atom. The van der Waals surface area contributed by atoms with Crippen molar-refractivity contribution in [2.24, 2.45) is 10.7 Å². The molecule has 2 aromatic rings. The van der Waals surface area contributed by atoms with Gasteiger partial charge >= 0.3 is 12.1 Å². The quantitative estimate of drug-likeness (QED) is 0.0764. The average Bonchev–Trinajstić information content (AvgIpc) is 3.22. The van der Waals surface area contributed by atoms with Crippen molar-refractivity contribution in [2.45, 2.75) is 110 Å². The molecule has 3 aliphatic heterocycles. The number of nitrogens with zero attached hydrogens (tertiary/aromatic N) is 3. The number of piperidine rings is 3. The Balaban J connectivity index is 0.000000754. The van der Waals surface area contributed by atoms with Crippen LogP contribution in [0.4, 0.5) is 9.59 Å². The smallest absolute Gasteiger partial charge is 0.315 e. The van der Waals surface area contributed by atoms with Crippen molar-refractivity contribution >= 4 is 53.8 Å². The Morgan fingerprint density at radius 1 is 0.719 bits per heavy atom. The topological polar surface area (TPSA) is 156 Å². The van der Waals surface area contributed by atoms with Crippen molar-refractivity contribution in [1.29, 1.82) is 0 Å². The lowest BCUT2D eigenvalue weighted by Crippen LogP contribution is -2.47. The number of carbonyl (C=O) groups excluding carboxylic acids is 3. The number of amides is 4. The van der Waals surface area contributed by atoms with E-state index in [1.54, 1.807) is 0 Å². The average molecular weight is 857 g/mol. The Labute approximate surface area is 359 Å². The highest BCUT2D eigenvalue weighted by molar-refractivity contribution is 6.40. The van der Waals surface area contributed by atoms with Crippen molar-refractivity contribution in [1.82, 2.24) is 36.4 Å². The minimum Gasteiger partial charge on any atom is -0.338 e. The molecule has 0 atom stereocenters. The minimum absolute atomic E-state index is 0. The molecule has 3 fully saturated rings. The molecule has 3 heterocycles. The van der Waals surface area contributed by atoms with Crippen molar-refractivity contribution in [3.63, 3.8) is 0 Å². The number of hydrogen-bond acceptors (Lipinski definition) is 8. The summed E-state index contributed by atoms with van der Waals surface area (Å²) in [7, 11) is 0. The summed E-state index contributed by atoms with van der Waals surface area (Å²) in [6.07, 6.45) is 10.8. The van der Waals surface area contributed by atoms with Crippen molar-refractivity contribution < 1.29 is 14.4 Å². The van der Waals surface area contributed by atoms with Gasteiger partial charge in [0.1, 0.15) is 0 Å². The molecule has 0 aliphatic carbocycles. The molecule has 3 aliphatic rings. The fraction of sp³-hybridized carbons (Fsp3) is 0.643. The van der Waals surface area contributed by atoms with Gasteiger partial charge in [-0.3, -0.25) is 9.80 Å². The third kappa shape index (κ3) is 29.9. The summed E-state index contributed by atoms with van der Waals surface area (Å²) >= 11 is 9.53. The van der Waals surface area contributed by atoms with Gasteiger partial charge in [-0.15, -0.1) is 35.6 Å². The van der Waals surface area contributed by atoms with Crippen LogP contribution in [0.25, 0.3) is 0 Å². The van der Waals surface area contributed by atoms with Crippen LogP contribution in [0.1, 0.15) is 89.7 Å². The molecule has 12 nitrogen and oxygen atoms in total. The number of nitrogens with one attached hydrogen (secondary N) is 5. The second-order valence-electron chi connectivity index (χ2n) is 14.0. The first-order chi connectivity index (χ1) is 27.3. The van der Waals surface area contributed by atoms with Gasteiger partial charge in [-0.25, -0.2) is 19.4 Å². The lowest BCUT2D eigenvalue weighted by Gasteiger charge is -2.32. The summed E-state index contributed by atoms with van der Waals surface area (Å²) in [5.41, 5.74) is 8.63. The fourth-order valence-electron chi connectivity index (χ4n) is 6.10. The Hall–Kier alpha value is -2.93. The van der Waals surface area contributed by atoms with Crippen molar-refractivity contribution in [3.05, 3.63) is 71.8 Å². The van der Waals surface area contributed by atoms with E-state index >= 15 is 0 Å². The van der Waals surface area contributed by atoms with Crippen LogP contribution in [0.3, 0.4) is 0 Å². The lowest BCUT2D eigenvalue weighted by atomic mass is 10.0. The van der Waals surface area contributed by atoms with Gasteiger partial charge in [-0.1, -0.05) is 81.4 Å². The zero-order valence-corrected chi connectivity index (χ0v) is 37.0. The molecule has 3 saturated heterocycles. The van der Waals surface area contributed by atoms with Crippen LogP contribution in [0.5, 0.6) is 0 Å². The Morgan fingerprint density at radius 2 is 1.12 bits per heavy atom. The molecule has 2 aromatic carbocycles. The summed E-state index contributed by atoms with van der Waals surface area (Å²) in [4.78, 5) is 40.3. The fourth-order valence-corrected chi connectivity index (χ4v) is 6.10. The molecule has 0 spiro atoms. The monoisotopic (exact) mass is 855 g/mol. The molecule has 0 radical (unpaired) electrons. The highest BCUT2D eigenvalue weighted by Gasteiger charge is 2.20. The van der Waals surface area contributed by atoms with E-state index in [9.17, 15) is 14.4 Å². The van der Waals surface area contributed by atoms with E-state index in [0.29, 0.717) is 24.7 Å². The predicted molar refractivity (Wildman–Crippen MR) is 240 cm³/mol. The predicted octanol–water partition coefficient (Wildman–Crippen LogP) is 6.99. The molecule has 7 N–H and O–H groups in total. The van der Waals surface area contributed by atoms with E-state index in [2.05, 4.69) is 109 Å². The first-order valence-electron chi connectivity index (χ1n) is 20.5. The highest BCUT2D eigenvalue weighted by Crippen LogP contribution is 2.14. The molecule has 4 amide bonds. The van der Waals surface area contributed by atoms with Gasteiger partial charge in [0.15, 0.2) is 0 Å². The summed E-state index contributed by atoms with van der Waals surface area (Å²) < 4.78 is 0. The van der Waals surface area contributed by atoms with E-state index < -0.39 is 0 Å². The number of hydrogen-bond donors (Lipinski definition) is 6. The highest BCUT2D eigenvalue weighted by atomic mass is 35.5. The van der Waals surface area contributed by atoms with Gasteiger partial charge in [-0.05, 0) is 95.1 Å². The maximum absolute atomic E-state index is 11.6. The summed E-state index contributed by atoms with van der Waals surface area (Å²) in [6.45, 7) is 16.7. The lowest BCUT2D eigenvalue weighted by molar-refractivity contribution is 0.186. The number of halogens is 3. The largest absolute Gasteiger partial charge is 0.338 e. The number of benzene rings is 2. The molecule has 0 saturated carbocycles. The van der Waals surface area contributed by atoms with E-state index in [-0.39, 0.29) is 29.8 Å². The molecule has 15 heteroatoms. The molecule has 0 aromatic heterocycles. The number of urea groups is 2. The van der Waals surface area contributed by atoms with Gasteiger partial charge in [0.2, 0.25) is 6.08 Å². The first-order valence-corrected chi connectivity index (χ1v) is 21.6. The van der Waals surface area contributed by atoms with E-state index in [1.807, 2.05) is 13.8 Å². The summed E-state index contributed by atoms with van der Waals surface area (Å²) in [5.74, 6) is 0. The summed E-state index contributed by atoms with van der Waals surface area (Å²) in [6, 6.07) is 22.3. The second-order valence-corrected chi connectivity index (χ2v) is 14.8. The first kappa shape index (κ1) is 54.1. The molecule has 5 rings (SSSR count). The summed E-state index contributed by atoms with van der Waals surface area (Å²) in [5, 5.41) is 15.2. The maximum atomic E-state index is 11.6. The number of alkyl halides is 2. The van der Waals surface area contributed by atoms with Crippen LogP contribution in [0.2, 0.25) is 0 Å². The molecule has 0 unspecified atom stereocenters. The van der Waals surface area contributed by atoms with E-state index in [4.69, 9.17) is 28.9 Å². The van der Waals surface area contributed by atoms with Crippen LogP contribution in [0, 0.1) is 0 Å². The second kappa shape index (κ2) is 37.3. The number of nitrogens with two attached hydrogens (primary N) is 1.